The fourth-order valence-electron chi connectivity index (χ4n) is 3.02. The lowest BCUT2D eigenvalue weighted by Gasteiger charge is -2.18. The smallest absolute Gasteiger partial charge is 0.0459 e. The van der Waals surface area contributed by atoms with E-state index in [1.807, 2.05) is 12.1 Å². The van der Waals surface area contributed by atoms with Gasteiger partial charge in [-0.2, -0.15) is 0 Å². The van der Waals surface area contributed by atoms with Crippen LogP contribution >= 0.6 is 11.6 Å². The van der Waals surface area contributed by atoms with Gasteiger partial charge in [-0.05, 0) is 42.9 Å². The Morgan fingerprint density at radius 2 is 2.00 bits per heavy atom. The van der Waals surface area contributed by atoms with Crippen molar-refractivity contribution in [2.75, 3.05) is 5.32 Å². The van der Waals surface area contributed by atoms with Crippen LogP contribution in [0.3, 0.4) is 0 Å². The molecule has 2 aliphatic rings. The van der Waals surface area contributed by atoms with Gasteiger partial charge in [-0.25, -0.2) is 0 Å². The SMILES string of the molecule is Clc1cccc2c1CC(C1CCCC1)N2. The summed E-state index contributed by atoms with van der Waals surface area (Å²) in [5.41, 5.74) is 2.59. The average molecular weight is 222 g/mol. The summed E-state index contributed by atoms with van der Waals surface area (Å²) < 4.78 is 0. The quantitative estimate of drug-likeness (QED) is 0.759. The van der Waals surface area contributed by atoms with Crippen LogP contribution in [0, 0.1) is 5.92 Å². The van der Waals surface area contributed by atoms with Crippen molar-refractivity contribution in [1.82, 2.24) is 0 Å². The molecule has 0 bridgehead atoms. The van der Waals surface area contributed by atoms with Crippen LogP contribution < -0.4 is 5.32 Å². The minimum atomic E-state index is 0.641. The van der Waals surface area contributed by atoms with E-state index < -0.39 is 0 Å². The van der Waals surface area contributed by atoms with Crippen LogP contribution in [0.25, 0.3) is 0 Å². The number of anilines is 1. The van der Waals surface area contributed by atoms with Crippen molar-refractivity contribution >= 4 is 17.3 Å². The van der Waals surface area contributed by atoms with Gasteiger partial charge in [-0.1, -0.05) is 30.5 Å². The molecule has 0 radical (unpaired) electrons. The van der Waals surface area contributed by atoms with Crippen molar-refractivity contribution in [3.05, 3.63) is 28.8 Å². The third kappa shape index (κ3) is 1.63. The van der Waals surface area contributed by atoms with Gasteiger partial charge in [0.1, 0.15) is 0 Å². The molecule has 1 heterocycles. The topological polar surface area (TPSA) is 12.0 Å². The summed E-state index contributed by atoms with van der Waals surface area (Å²) in [7, 11) is 0. The van der Waals surface area contributed by atoms with Crippen molar-refractivity contribution in [3.8, 4) is 0 Å². The number of benzene rings is 1. The molecular weight excluding hydrogens is 206 g/mol. The maximum absolute atomic E-state index is 6.20. The van der Waals surface area contributed by atoms with Gasteiger partial charge in [0, 0.05) is 16.8 Å². The molecule has 0 amide bonds. The predicted molar refractivity (Wildman–Crippen MR) is 64.5 cm³/mol. The second-order valence-corrected chi connectivity index (χ2v) is 5.17. The van der Waals surface area contributed by atoms with Crippen molar-refractivity contribution < 1.29 is 0 Å². The van der Waals surface area contributed by atoms with Crippen LogP contribution in [0.15, 0.2) is 18.2 Å². The first-order valence-electron chi connectivity index (χ1n) is 5.88. The third-order valence-corrected chi connectivity index (χ3v) is 4.21. The Kier molecular flexibility index (Phi) is 2.36. The molecule has 3 rings (SSSR count). The Morgan fingerprint density at radius 1 is 1.20 bits per heavy atom. The lowest BCUT2D eigenvalue weighted by atomic mass is 9.95. The fourth-order valence-corrected chi connectivity index (χ4v) is 3.27. The number of fused-ring (bicyclic) bond motifs is 1. The number of rotatable bonds is 1. The first-order chi connectivity index (χ1) is 7.34. The second kappa shape index (κ2) is 3.71. The highest BCUT2D eigenvalue weighted by atomic mass is 35.5. The molecule has 2 heteroatoms. The Balaban J connectivity index is 1.82. The van der Waals surface area contributed by atoms with E-state index in [0.717, 1.165) is 17.4 Å². The number of nitrogens with one attached hydrogen (secondary N) is 1. The molecule has 1 aliphatic carbocycles. The van der Waals surface area contributed by atoms with E-state index in [2.05, 4.69) is 11.4 Å². The van der Waals surface area contributed by atoms with E-state index in [0.29, 0.717) is 6.04 Å². The van der Waals surface area contributed by atoms with Gasteiger partial charge in [0.2, 0.25) is 0 Å². The van der Waals surface area contributed by atoms with Gasteiger partial charge >= 0.3 is 0 Å². The molecule has 1 unspecified atom stereocenters. The highest BCUT2D eigenvalue weighted by Crippen LogP contribution is 2.38. The van der Waals surface area contributed by atoms with Gasteiger partial charge in [-0.15, -0.1) is 0 Å². The van der Waals surface area contributed by atoms with E-state index in [1.165, 1.54) is 36.9 Å². The lowest BCUT2D eigenvalue weighted by molar-refractivity contribution is 0.466. The zero-order valence-corrected chi connectivity index (χ0v) is 9.56. The van der Waals surface area contributed by atoms with Gasteiger partial charge < -0.3 is 5.32 Å². The molecule has 1 aromatic rings. The molecule has 1 aliphatic heterocycles. The lowest BCUT2D eigenvalue weighted by Crippen LogP contribution is -2.24. The van der Waals surface area contributed by atoms with Crippen LogP contribution in [0.1, 0.15) is 31.2 Å². The molecule has 15 heavy (non-hydrogen) atoms. The molecule has 1 fully saturated rings. The molecular formula is C13H16ClN. The maximum atomic E-state index is 6.20. The molecule has 1 atom stereocenters. The summed E-state index contributed by atoms with van der Waals surface area (Å²) >= 11 is 6.20. The highest BCUT2D eigenvalue weighted by molar-refractivity contribution is 6.31. The van der Waals surface area contributed by atoms with Crippen molar-refractivity contribution in [2.45, 2.75) is 38.1 Å². The van der Waals surface area contributed by atoms with Crippen molar-refractivity contribution in [3.63, 3.8) is 0 Å². The fraction of sp³-hybridized carbons (Fsp3) is 0.538. The summed E-state index contributed by atoms with van der Waals surface area (Å²) in [6, 6.07) is 6.82. The highest BCUT2D eigenvalue weighted by Gasteiger charge is 2.30. The largest absolute Gasteiger partial charge is 0.381 e. The molecule has 1 aromatic carbocycles. The van der Waals surface area contributed by atoms with E-state index >= 15 is 0 Å². The molecule has 0 saturated heterocycles. The monoisotopic (exact) mass is 221 g/mol. The molecule has 80 valence electrons. The van der Waals surface area contributed by atoms with Gasteiger partial charge in [-0.3, -0.25) is 0 Å². The summed E-state index contributed by atoms with van der Waals surface area (Å²) in [6.45, 7) is 0. The van der Waals surface area contributed by atoms with Gasteiger partial charge in [0.25, 0.3) is 0 Å². The van der Waals surface area contributed by atoms with Crippen LogP contribution in [0.4, 0.5) is 5.69 Å². The van der Waals surface area contributed by atoms with E-state index in [9.17, 15) is 0 Å². The Hall–Kier alpha value is -0.690. The zero-order valence-electron chi connectivity index (χ0n) is 8.80. The first kappa shape index (κ1) is 9.53. The summed E-state index contributed by atoms with van der Waals surface area (Å²) in [6.07, 6.45) is 6.73. The minimum Gasteiger partial charge on any atom is -0.381 e. The standard InChI is InChI=1S/C13H16ClN/c14-11-6-3-7-12-10(11)8-13(15-12)9-4-1-2-5-9/h3,6-7,9,13,15H,1-2,4-5,8H2. The molecule has 1 N–H and O–H groups in total. The zero-order chi connectivity index (χ0) is 10.3. The maximum Gasteiger partial charge on any atom is 0.0459 e. The van der Waals surface area contributed by atoms with E-state index in [1.54, 1.807) is 0 Å². The average Bonchev–Trinajstić information content (AvgIpc) is 2.86. The first-order valence-corrected chi connectivity index (χ1v) is 6.26. The minimum absolute atomic E-state index is 0.641. The number of hydrogen-bond acceptors (Lipinski definition) is 1. The van der Waals surface area contributed by atoms with Crippen LogP contribution in [-0.4, -0.2) is 6.04 Å². The molecule has 0 spiro atoms. The number of halogens is 1. The number of hydrogen-bond donors (Lipinski definition) is 1. The second-order valence-electron chi connectivity index (χ2n) is 4.77. The summed E-state index contributed by atoms with van der Waals surface area (Å²) in [5, 5.41) is 4.56. The van der Waals surface area contributed by atoms with Crippen LogP contribution in [-0.2, 0) is 6.42 Å². The Bertz CT molecular complexity index is 369. The Morgan fingerprint density at radius 3 is 2.73 bits per heavy atom. The van der Waals surface area contributed by atoms with Crippen LogP contribution in [0.5, 0.6) is 0 Å². The van der Waals surface area contributed by atoms with E-state index in [4.69, 9.17) is 11.6 Å². The van der Waals surface area contributed by atoms with Crippen molar-refractivity contribution in [1.29, 1.82) is 0 Å². The van der Waals surface area contributed by atoms with E-state index in [-0.39, 0.29) is 0 Å². The molecule has 1 nitrogen and oxygen atoms in total. The molecule has 1 saturated carbocycles. The molecule has 0 aromatic heterocycles. The summed E-state index contributed by atoms with van der Waals surface area (Å²) in [5.74, 6) is 0.869. The van der Waals surface area contributed by atoms with Gasteiger partial charge in [0.05, 0.1) is 0 Å². The summed E-state index contributed by atoms with van der Waals surface area (Å²) in [4.78, 5) is 0. The van der Waals surface area contributed by atoms with Crippen molar-refractivity contribution in [2.24, 2.45) is 5.92 Å². The Labute approximate surface area is 95.8 Å². The third-order valence-electron chi connectivity index (χ3n) is 3.85. The normalized spacial score (nSPS) is 25.3. The predicted octanol–water partition coefficient (Wildman–Crippen LogP) is 3.87. The van der Waals surface area contributed by atoms with Crippen LogP contribution in [0.2, 0.25) is 5.02 Å². The van der Waals surface area contributed by atoms with Gasteiger partial charge in [0.15, 0.2) is 0 Å².